The van der Waals surface area contributed by atoms with E-state index in [1.54, 1.807) is 12.4 Å². The maximum Gasteiger partial charge on any atom is 0.225 e. The van der Waals surface area contributed by atoms with Gasteiger partial charge < -0.3 is 15.1 Å². The molecule has 1 amide bonds. The third-order valence-electron chi connectivity index (χ3n) is 6.62. The number of hydrogen-bond acceptors (Lipinski definition) is 4. The highest BCUT2D eigenvalue weighted by Gasteiger charge is 2.33. The van der Waals surface area contributed by atoms with Gasteiger partial charge in [0.25, 0.3) is 0 Å². The summed E-state index contributed by atoms with van der Waals surface area (Å²) >= 11 is 0. The molecule has 0 bridgehead atoms. The van der Waals surface area contributed by atoms with Gasteiger partial charge in [-0.15, -0.1) is 0 Å². The molecule has 0 unspecified atom stereocenters. The summed E-state index contributed by atoms with van der Waals surface area (Å²) in [5.41, 5.74) is 2.34. The smallest absolute Gasteiger partial charge is 0.225 e. The van der Waals surface area contributed by atoms with E-state index in [0.29, 0.717) is 19.5 Å². The molecule has 0 radical (unpaired) electrons. The molecule has 176 valence electrons. The van der Waals surface area contributed by atoms with Gasteiger partial charge in [0, 0.05) is 57.1 Å². The lowest BCUT2D eigenvalue weighted by Crippen LogP contribution is -2.40. The molecule has 4 rings (SSSR count). The zero-order valence-electron chi connectivity index (χ0n) is 19.6. The topological polar surface area (TPSA) is 64.3 Å². The molecule has 2 aliphatic rings. The molecule has 1 saturated heterocycles. The van der Waals surface area contributed by atoms with Crippen molar-refractivity contribution < 1.29 is 9.18 Å². The first kappa shape index (κ1) is 23.2. The molecule has 0 spiro atoms. The van der Waals surface area contributed by atoms with Gasteiger partial charge in [0.1, 0.15) is 5.67 Å². The number of amides is 1. The number of hydrogen-bond donors (Lipinski definition) is 2. The predicted octanol–water partition coefficient (Wildman–Crippen LogP) is 4.05. The van der Waals surface area contributed by atoms with Crippen molar-refractivity contribution in [3.05, 3.63) is 60.4 Å². The van der Waals surface area contributed by atoms with Crippen molar-refractivity contribution >= 4 is 11.6 Å². The minimum Gasteiger partial charge on any atom is -0.373 e. The molecule has 2 heterocycles. The van der Waals surface area contributed by atoms with E-state index in [0.717, 1.165) is 54.7 Å². The molecular weight excluding hydrogens is 417 g/mol. The van der Waals surface area contributed by atoms with Gasteiger partial charge in [0.2, 0.25) is 5.91 Å². The van der Waals surface area contributed by atoms with Crippen LogP contribution >= 0.6 is 0 Å². The van der Waals surface area contributed by atoms with Crippen LogP contribution in [0.4, 0.5) is 10.1 Å². The van der Waals surface area contributed by atoms with E-state index in [1.807, 2.05) is 61.5 Å². The number of piperidine rings is 1. The fourth-order valence-corrected chi connectivity index (χ4v) is 4.23. The van der Waals surface area contributed by atoms with Crippen LogP contribution < -0.4 is 10.2 Å². The first-order valence-electron chi connectivity index (χ1n) is 11.8. The Bertz CT molecular complexity index is 994. The summed E-state index contributed by atoms with van der Waals surface area (Å²) in [6.45, 7) is 2.66. The molecule has 2 fully saturated rings. The third-order valence-corrected chi connectivity index (χ3v) is 6.62. The number of nitrogens with zero attached hydrogens (tertiary/aromatic N) is 3. The summed E-state index contributed by atoms with van der Waals surface area (Å²) in [6.07, 6.45) is 7.01. The summed E-state index contributed by atoms with van der Waals surface area (Å²) in [7, 11) is 3.90. The lowest BCUT2D eigenvalue weighted by molar-refractivity contribution is -0.131. The number of carbonyl (C=O) groups is 1. The maximum atomic E-state index is 15.3. The van der Waals surface area contributed by atoms with E-state index in [-0.39, 0.29) is 11.8 Å². The highest BCUT2D eigenvalue weighted by atomic mass is 19.1. The molecule has 33 heavy (non-hydrogen) atoms. The zero-order chi connectivity index (χ0) is 23.3. The summed E-state index contributed by atoms with van der Waals surface area (Å²) in [6, 6.07) is 13.7. The Labute approximate surface area is 195 Å². The first-order chi connectivity index (χ1) is 16.0. The van der Waals surface area contributed by atoms with Gasteiger partial charge in [0.05, 0.1) is 6.20 Å². The quantitative estimate of drug-likeness (QED) is 0.667. The Morgan fingerprint density at radius 3 is 2.55 bits per heavy atom. The Morgan fingerprint density at radius 1 is 1.09 bits per heavy atom. The molecular formula is C26H34FN5O. The van der Waals surface area contributed by atoms with E-state index < -0.39 is 5.67 Å². The van der Waals surface area contributed by atoms with Crippen LogP contribution in [0.3, 0.4) is 0 Å². The Balaban J connectivity index is 1.48. The van der Waals surface area contributed by atoms with Crippen LogP contribution in [0.2, 0.25) is 0 Å². The van der Waals surface area contributed by atoms with Crippen molar-refractivity contribution in [2.45, 2.75) is 31.4 Å². The molecule has 6 nitrogen and oxygen atoms in total. The van der Waals surface area contributed by atoms with Crippen LogP contribution in [0, 0.1) is 5.92 Å². The number of likely N-dealkylation sites (N-methyl/N-ethyl adjacent to an activating group) is 2. The number of aromatic nitrogens is 2. The van der Waals surface area contributed by atoms with Crippen molar-refractivity contribution in [1.82, 2.24) is 20.4 Å². The highest BCUT2D eigenvalue weighted by molar-refractivity contribution is 5.80. The molecule has 7 heteroatoms. The molecule has 1 aliphatic carbocycles. The van der Waals surface area contributed by atoms with Crippen molar-refractivity contribution in [2.24, 2.45) is 5.92 Å². The second-order valence-electron chi connectivity index (χ2n) is 9.21. The SMILES string of the molecule is CN(CCN(C)c1cc[nH]ncc(-c2ccc([C@]3(F)CCCNC3)cc2)cc1)C(=O)C1CC1. The zero-order valence-corrected chi connectivity index (χ0v) is 19.6. The Morgan fingerprint density at radius 2 is 1.85 bits per heavy atom. The summed E-state index contributed by atoms with van der Waals surface area (Å²) < 4.78 is 15.3. The minimum absolute atomic E-state index is 0.240. The van der Waals surface area contributed by atoms with Crippen molar-refractivity contribution in [3.8, 4) is 11.1 Å². The number of aromatic amines is 1. The Hall–Kier alpha value is -2.93. The van der Waals surface area contributed by atoms with Crippen LogP contribution in [0.15, 0.2) is 54.9 Å². The molecule has 1 atom stereocenters. The standard InChI is InChI=1S/C26H34FN5O/c1-31(16-17-32(2)25(33)21-4-5-21)24-11-8-22(18-30-29-15-12-24)20-6-9-23(10-7-20)26(27)13-3-14-28-19-26/h6-12,15,18,21,28-29H,3-5,13-14,16-17,19H2,1-2H3/t26-/m0/s1. The van der Waals surface area contributed by atoms with E-state index in [4.69, 9.17) is 0 Å². The molecule has 1 saturated carbocycles. The molecule has 1 aromatic heterocycles. The van der Waals surface area contributed by atoms with Crippen LogP contribution in [-0.2, 0) is 10.5 Å². The predicted molar refractivity (Wildman–Crippen MR) is 130 cm³/mol. The second-order valence-corrected chi connectivity index (χ2v) is 9.21. The number of nitrogens with one attached hydrogen (secondary N) is 2. The largest absolute Gasteiger partial charge is 0.373 e. The average Bonchev–Trinajstić information content (AvgIpc) is 3.66. The molecule has 1 aromatic carbocycles. The van der Waals surface area contributed by atoms with E-state index in [1.165, 1.54) is 0 Å². The molecule has 2 aromatic rings. The number of H-pyrrole nitrogens is 1. The molecule has 1 aliphatic heterocycles. The van der Waals surface area contributed by atoms with Crippen molar-refractivity contribution in [3.63, 3.8) is 0 Å². The van der Waals surface area contributed by atoms with Gasteiger partial charge in [-0.25, -0.2) is 4.39 Å². The van der Waals surface area contributed by atoms with Crippen LogP contribution in [-0.4, -0.2) is 61.3 Å². The number of halogens is 1. The van der Waals surface area contributed by atoms with Gasteiger partial charge in [-0.1, -0.05) is 30.3 Å². The van der Waals surface area contributed by atoms with Crippen molar-refractivity contribution in [2.75, 3.05) is 45.2 Å². The fourth-order valence-electron chi connectivity index (χ4n) is 4.23. The fraction of sp³-hybridized carbons (Fsp3) is 0.462. The summed E-state index contributed by atoms with van der Waals surface area (Å²) in [4.78, 5) is 16.2. The van der Waals surface area contributed by atoms with Crippen LogP contribution in [0.1, 0.15) is 31.2 Å². The van der Waals surface area contributed by atoms with Crippen LogP contribution in [0.25, 0.3) is 11.1 Å². The van der Waals surface area contributed by atoms with E-state index in [2.05, 4.69) is 20.4 Å². The van der Waals surface area contributed by atoms with Gasteiger partial charge >= 0.3 is 0 Å². The molecule has 2 N–H and O–H groups in total. The van der Waals surface area contributed by atoms with E-state index >= 15 is 4.39 Å². The maximum absolute atomic E-state index is 15.3. The van der Waals surface area contributed by atoms with Crippen LogP contribution in [0.5, 0.6) is 0 Å². The van der Waals surface area contributed by atoms with Gasteiger partial charge in [-0.05, 0) is 55.5 Å². The lowest BCUT2D eigenvalue weighted by Gasteiger charge is -2.30. The Kier molecular flexibility index (Phi) is 7.28. The normalized spacial score (nSPS) is 20.1. The number of alkyl halides is 1. The number of benzene rings is 1. The number of anilines is 1. The van der Waals surface area contributed by atoms with Gasteiger partial charge in [-0.3, -0.25) is 9.89 Å². The lowest BCUT2D eigenvalue weighted by atomic mass is 9.87. The summed E-state index contributed by atoms with van der Waals surface area (Å²) in [5, 5.41) is 10.4. The highest BCUT2D eigenvalue weighted by Crippen LogP contribution is 2.34. The van der Waals surface area contributed by atoms with E-state index in [9.17, 15) is 4.79 Å². The summed E-state index contributed by atoms with van der Waals surface area (Å²) in [5.74, 6) is 0.492. The van der Waals surface area contributed by atoms with Gasteiger partial charge in [-0.2, -0.15) is 5.10 Å². The number of carbonyl (C=O) groups excluding carboxylic acids is 1. The first-order valence-corrected chi connectivity index (χ1v) is 11.8. The second kappa shape index (κ2) is 10.3. The van der Waals surface area contributed by atoms with Gasteiger partial charge in [0.15, 0.2) is 0 Å². The average molecular weight is 452 g/mol. The van der Waals surface area contributed by atoms with Crippen molar-refractivity contribution in [1.29, 1.82) is 0 Å². The number of rotatable bonds is 7. The monoisotopic (exact) mass is 451 g/mol. The minimum atomic E-state index is -1.30. The third kappa shape index (κ3) is 5.90.